The SMILES string of the molecule is C1=CN(c2ccccn2)NC(c2ccc(OC3CCN(C4CCC4)CC3)nc2)=C1. The molecule has 0 atom stereocenters. The molecule has 2 aromatic rings. The zero-order chi connectivity index (χ0) is 19.5. The molecule has 0 unspecified atom stereocenters. The molecular formula is C23H27N5O. The topological polar surface area (TPSA) is 53.5 Å². The number of pyridine rings is 2. The molecule has 2 aromatic heterocycles. The first-order valence-corrected chi connectivity index (χ1v) is 10.6. The van der Waals surface area contributed by atoms with Gasteiger partial charge in [-0.2, -0.15) is 0 Å². The summed E-state index contributed by atoms with van der Waals surface area (Å²) in [7, 11) is 0. The Labute approximate surface area is 171 Å². The fraction of sp³-hybridized carbons (Fsp3) is 0.391. The van der Waals surface area contributed by atoms with Crippen molar-refractivity contribution in [3.63, 3.8) is 0 Å². The molecule has 1 saturated heterocycles. The van der Waals surface area contributed by atoms with Crippen LogP contribution in [0.1, 0.15) is 37.7 Å². The number of rotatable bonds is 5. The lowest BCUT2D eigenvalue weighted by molar-refractivity contribution is 0.0475. The van der Waals surface area contributed by atoms with Crippen molar-refractivity contribution in [1.29, 1.82) is 0 Å². The Morgan fingerprint density at radius 2 is 1.90 bits per heavy atom. The van der Waals surface area contributed by atoms with E-state index in [0.717, 1.165) is 49.1 Å². The smallest absolute Gasteiger partial charge is 0.213 e. The lowest BCUT2D eigenvalue weighted by atomic mass is 9.90. The Kier molecular flexibility index (Phi) is 5.17. The van der Waals surface area contributed by atoms with Crippen LogP contribution >= 0.6 is 0 Å². The molecule has 2 fully saturated rings. The summed E-state index contributed by atoms with van der Waals surface area (Å²) in [4.78, 5) is 11.6. The highest BCUT2D eigenvalue weighted by Crippen LogP contribution is 2.28. The van der Waals surface area contributed by atoms with E-state index in [9.17, 15) is 0 Å². The van der Waals surface area contributed by atoms with Gasteiger partial charge in [0.15, 0.2) is 5.82 Å². The van der Waals surface area contributed by atoms with E-state index in [-0.39, 0.29) is 6.10 Å². The Bertz CT molecular complexity index is 868. The molecule has 1 saturated carbocycles. The molecule has 5 rings (SSSR count). The van der Waals surface area contributed by atoms with E-state index in [1.165, 1.54) is 19.3 Å². The number of anilines is 1. The molecule has 0 amide bonds. The van der Waals surface area contributed by atoms with Crippen molar-refractivity contribution in [2.75, 3.05) is 18.1 Å². The van der Waals surface area contributed by atoms with E-state index in [1.54, 1.807) is 6.20 Å². The van der Waals surface area contributed by atoms with Crippen LogP contribution in [0.2, 0.25) is 0 Å². The first kappa shape index (κ1) is 18.2. The first-order chi connectivity index (χ1) is 14.3. The minimum atomic E-state index is 0.277. The summed E-state index contributed by atoms with van der Waals surface area (Å²) in [5.41, 5.74) is 5.37. The van der Waals surface area contributed by atoms with Gasteiger partial charge in [-0.05, 0) is 56.0 Å². The van der Waals surface area contributed by atoms with Crippen LogP contribution in [-0.2, 0) is 0 Å². The van der Waals surface area contributed by atoms with Crippen molar-refractivity contribution in [1.82, 2.24) is 20.3 Å². The molecule has 0 bridgehead atoms. The van der Waals surface area contributed by atoms with Crippen LogP contribution in [0, 0.1) is 0 Å². The minimum Gasteiger partial charge on any atom is -0.474 e. The van der Waals surface area contributed by atoms with Gasteiger partial charge in [-0.1, -0.05) is 12.5 Å². The number of ether oxygens (including phenoxy) is 1. The molecule has 150 valence electrons. The van der Waals surface area contributed by atoms with Crippen molar-refractivity contribution in [2.24, 2.45) is 0 Å². The second-order valence-corrected chi connectivity index (χ2v) is 7.91. The average Bonchev–Trinajstić information content (AvgIpc) is 2.75. The number of hydrazine groups is 1. The third-order valence-corrected chi connectivity index (χ3v) is 6.04. The van der Waals surface area contributed by atoms with E-state index in [1.807, 2.05) is 53.8 Å². The van der Waals surface area contributed by atoms with E-state index in [4.69, 9.17) is 4.74 Å². The zero-order valence-electron chi connectivity index (χ0n) is 16.6. The molecule has 3 aliphatic rings. The highest BCUT2D eigenvalue weighted by Gasteiger charge is 2.29. The summed E-state index contributed by atoms with van der Waals surface area (Å²) < 4.78 is 6.16. The van der Waals surface area contributed by atoms with Gasteiger partial charge in [0.1, 0.15) is 6.10 Å². The normalized spacial score (nSPS) is 20.7. The third-order valence-electron chi connectivity index (χ3n) is 6.04. The van der Waals surface area contributed by atoms with Gasteiger partial charge in [0, 0.05) is 49.4 Å². The maximum atomic E-state index is 6.16. The van der Waals surface area contributed by atoms with Crippen molar-refractivity contribution in [2.45, 2.75) is 44.2 Å². The molecule has 6 heteroatoms. The van der Waals surface area contributed by atoms with E-state index < -0.39 is 0 Å². The van der Waals surface area contributed by atoms with Crippen LogP contribution < -0.4 is 15.2 Å². The third kappa shape index (κ3) is 4.12. The Hall–Kier alpha value is -2.86. The lowest BCUT2D eigenvalue weighted by Crippen LogP contribution is -2.46. The van der Waals surface area contributed by atoms with Gasteiger partial charge in [-0.25, -0.2) is 15.0 Å². The highest BCUT2D eigenvalue weighted by molar-refractivity contribution is 5.69. The van der Waals surface area contributed by atoms with Gasteiger partial charge in [-0.15, -0.1) is 0 Å². The Morgan fingerprint density at radius 1 is 1.00 bits per heavy atom. The number of likely N-dealkylation sites (tertiary alicyclic amines) is 1. The van der Waals surface area contributed by atoms with Crippen molar-refractivity contribution < 1.29 is 4.74 Å². The van der Waals surface area contributed by atoms with Crippen LogP contribution in [0.3, 0.4) is 0 Å². The molecule has 1 aliphatic carbocycles. The molecule has 4 heterocycles. The standard InChI is InChI=1S/C23H27N5O/c1-2-13-24-22(8-1)28-14-4-7-21(26-28)18-9-10-23(25-17-18)29-20-11-15-27(16-12-20)19-5-3-6-19/h1-2,4,7-10,13-14,17,19-20,26H,3,5-6,11-12,15-16H2. The van der Waals surface area contributed by atoms with E-state index in [0.29, 0.717) is 5.88 Å². The second kappa shape index (κ2) is 8.25. The Morgan fingerprint density at radius 3 is 2.59 bits per heavy atom. The van der Waals surface area contributed by atoms with Crippen molar-refractivity contribution in [3.8, 4) is 5.88 Å². The van der Waals surface area contributed by atoms with Crippen molar-refractivity contribution >= 4 is 11.5 Å². The summed E-state index contributed by atoms with van der Waals surface area (Å²) in [6.45, 7) is 2.31. The van der Waals surface area contributed by atoms with Gasteiger partial charge in [0.2, 0.25) is 5.88 Å². The number of nitrogens with zero attached hydrogens (tertiary/aromatic N) is 4. The van der Waals surface area contributed by atoms with Gasteiger partial charge in [0.25, 0.3) is 0 Å². The van der Waals surface area contributed by atoms with Gasteiger partial charge in [0.05, 0.1) is 5.70 Å². The average molecular weight is 390 g/mol. The number of aromatic nitrogens is 2. The number of hydrogen-bond donors (Lipinski definition) is 1. The van der Waals surface area contributed by atoms with E-state index >= 15 is 0 Å². The van der Waals surface area contributed by atoms with E-state index in [2.05, 4.69) is 26.4 Å². The van der Waals surface area contributed by atoms with Crippen LogP contribution in [-0.4, -0.2) is 40.1 Å². The first-order valence-electron chi connectivity index (χ1n) is 10.6. The number of hydrogen-bond acceptors (Lipinski definition) is 6. The molecular weight excluding hydrogens is 362 g/mol. The molecule has 2 aliphatic heterocycles. The molecule has 0 radical (unpaired) electrons. The molecule has 0 aromatic carbocycles. The van der Waals surface area contributed by atoms with Crippen LogP contribution in [0.25, 0.3) is 5.70 Å². The fourth-order valence-corrected chi connectivity index (χ4v) is 4.11. The quantitative estimate of drug-likeness (QED) is 0.841. The second-order valence-electron chi connectivity index (χ2n) is 7.91. The predicted molar refractivity (Wildman–Crippen MR) is 114 cm³/mol. The molecule has 6 nitrogen and oxygen atoms in total. The number of piperidine rings is 1. The van der Waals surface area contributed by atoms with Crippen molar-refractivity contribution in [3.05, 3.63) is 66.6 Å². The maximum Gasteiger partial charge on any atom is 0.213 e. The highest BCUT2D eigenvalue weighted by atomic mass is 16.5. The number of nitrogens with one attached hydrogen (secondary N) is 1. The maximum absolute atomic E-state index is 6.16. The summed E-state index contributed by atoms with van der Waals surface area (Å²) >= 11 is 0. The largest absolute Gasteiger partial charge is 0.474 e. The molecule has 29 heavy (non-hydrogen) atoms. The van der Waals surface area contributed by atoms with Crippen LogP contribution in [0.15, 0.2) is 61.1 Å². The predicted octanol–water partition coefficient (Wildman–Crippen LogP) is 3.75. The van der Waals surface area contributed by atoms with Crippen LogP contribution in [0.5, 0.6) is 5.88 Å². The van der Waals surface area contributed by atoms with Crippen LogP contribution in [0.4, 0.5) is 5.82 Å². The monoisotopic (exact) mass is 389 g/mol. The zero-order valence-corrected chi connectivity index (χ0v) is 16.6. The van der Waals surface area contributed by atoms with Gasteiger partial charge >= 0.3 is 0 Å². The number of allylic oxidation sites excluding steroid dienone is 2. The molecule has 1 N–H and O–H groups in total. The summed E-state index contributed by atoms with van der Waals surface area (Å²) in [6.07, 6.45) is 16.3. The Balaban J connectivity index is 1.17. The van der Waals surface area contributed by atoms with Gasteiger partial charge in [-0.3, -0.25) is 5.43 Å². The fourth-order valence-electron chi connectivity index (χ4n) is 4.11. The van der Waals surface area contributed by atoms with Gasteiger partial charge < -0.3 is 9.64 Å². The molecule has 0 spiro atoms. The minimum absolute atomic E-state index is 0.277. The summed E-state index contributed by atoms with van der Waals surface area (Å²) in [6, 6.07) is 10.7. The summed E-state index contributed by atoms with van der Waals surface area (Å²) in [5, 5.41) is 1.90. The summed E-state index contributed by atoms with van der Waals surface area (Å²) in [5.74, 6) is 1.56. The lowest BCUT2D eigenvalue weighted by Gasteiger charge is -2.41.